The van der Waals surface area contributed by atoms with Crippen molar-refractivity contribution in [2.24, 2.45) is 0 Å². The van der Waals surface area contributed by atoms with Gasteiger partial charge < -0.3 is 14.8 Å². The maximum Gasteiger partial charge on any atom is 0.243 e. The second-order valence-corrected chi connectivity index (χ2v) is 6.04. The summed E-state index contributed by atoms with van der Waals surface area (Å²) in [5, 5.41) is 25.0. The van der Waals surface area contributed by atoms with Gasteiger partial charge >= 0.3 is 0 Å². The number of carbonyl (C=O) groups excluding carboxylic acids is 1. The largest absolute Gasteiger partial charge is 0.466 e. The molecule has 1 aromatic carbocycles. The van der Waals surface area contributed by atoms with E-state index in [1.165, 1.54) is 11.1 Å². The molecule has 2 N–H and O–H groups in total. The van der Waals surface area contributed by atoms with Crippen molar-refractivity contribution in [3.05, 3.63) is 54.0 Å². The Kier molecular flexibility index (Phi) is 4.62. The maximum atomic E-state index is 12.0. The lowest BCUT2D eigenvalue weighted by molar-refractivity contribution is -0.123. The van der Waals surface area contributed by atoms with Gasteiger partial charge in [0.25, 0.3) is 0 Å². The van der Waals surface area contributed by atoms with Crippen molar-refractivity contribution in [2.45, 2.75) is 26.0 Å². The van der Waals surface area contributed by atoms with E-state index in [9.17, 15) is 9.90 Å². The first-order valence-corrected chi connectivity index (χ1v) is 7.82. The maximum absolute atomic E-state index is 12.0. The molecule has 2 aromatic heterocycles. The molecule has 0 saturated heterocycles. The fourth-order valence-electron chi connectivity index (χ4n) is 2.26. The molecule has 25 heavy (non-hydrogen) atoms. The first-order valence-electron chi connectivity index (χ1n) is 7.82. The molecular formula is C17H19N5O3. The van der Waals surface area contributed by atoms with Gasteiger partial charge in [-0.05, 0) is 31.2 Å². The Morgan fingerprint density at radius 1 is 1.32 bits per heavy atom. The highest BCUT2D eigenvalue weighted by Gasteiger charge is 2.26. The third-order valence-corrected chi connectivity index (χ3v) is 3.73. The molecule has 0 aliphatic rings. The van der Waals surface area contributed by atoms with Gasteiger partial charge in [-0.1, -0.05) is 29.8 Å². The second kappa shape index (κ2) is 6.86. The monoisotopic (exact) mass is 341 g/mol. The summed E-state index contributed by atoms with van der Waals surface area (Å²) in [7, 11) is 0. The number of aryl methyl sites for hydroxylation is 1. The van der Waals surface area contributed by atoms with E-state index in [1.54, 1.807) is 19.1 Å². The minimum Gasteiger partial charge on any atom is -0.466 e. The van der Waals surface area contributed by atoms with E-state index in [0.717, 1.165) is 11.1 Å². The van der Waals surface area contributed by atoms with Crippen LogP contribution in [0.1, 0.15) is 18.2 Å². The summed E-state index contributed by atoms with van der Waals surface area (Å²) in [5.74, 6) is 0.503. The van der Waals surface area contributed by atoms with Crippen LogP contribution in [0.3, 0.4) is 0 Å². The Bertz CT molecular complexity index is 838. The summed E-state index contributed by atoms with van der Waals surface area (Å²) in [6.07, 6.45) is 1.47. The zero-order valence-corrected chi connectivity index (χ0v) is 14.0. The molecule has 0 fully saturated rings. The Morgan fingerprint density at radius 3 is 2.76 bits per heavy atom. The fourth-order valence-corrected chi connectivity index (χ4v) is 2.26. The minimum atomic E-state index is -1.29. The van der Waals surface area contributed by atoms with Gasteiger partial charge in [0.15, 0.2) is 0 Å². The van der Waals surface area contributed by atoms with Crippen LogP contribution in [0.2, 0.25) is 0 Å². The molecule has 0 aliphatic carbocycles. The Hall–Kier alpha value is -3.00. The van der Waals surface area contributed by atoms with Crippen LogP contribution in [0.25, 0.3) is 11.4 Å². The Morgan fingerprint density at radius 2 is 2.08 bits per heavy atom. The lowest BCUT2D eigenvalue weighted by Gasteiger charge is -2.20. The quantitative estimate of drug-likeness (QED) is 0.699. The van der Waals surface area contributed by atoms with Crippen molar-refractivity contribution in [2.75, 3.05) is 6.54 Å². The highest BCUT2D eigenvalue weighted by molar-refractivity contribution is 5.75. The first-order chi connectivity index (χ1) is 11.9. The van der Waals surface area contributed by atoms with Gasteiger partial charge in [0, 0.05) is 5.56 Å². The molecule has 0 radical (unpaired) electrons. The lowest BCUT2D eigenvalue weighted by Crippen LogP contribution is -2.40. The Balaban J connectivity index is 1.57. The number of nitrogens with zero attached hydrogens (tertiary/aromatic N) is 4. The van der Waals surface area contributed by atoms with E-state index >= 15 is 0 Å². The van der Waals surface area contributed by atoms with Crippen molar-refractivity contribution in [1.29, 1.82) is 0 Å². The van der Waals surface area contributed by atoms with Gasteiger partial charge in [0.2, 0.25) is 11.7 Å². The van der Waals surface area contributed by atoms with Crippen LogP contribution in [0.4, 0.5) is 0 Å². The second-order valence-electron chi connectivity index (χ2n) is 6.04. The van der Waals surface area contributed by atoms with Crippen LogP contribution in [0, 0.1) is 6.92 Å². The van der Waals surface area contributed by atoms with Gasteiger partial charge in [-0.3, -0.25) is 4.79 Å². The number of carbonyl (C=O) groups is 1. The number of benzene rings is 1. The fraction of sp³-hybridized carbons (Fsp3) is 0.294. The van der Waals surface area contributed by atoms with Crippen LogP contribution in [-0.2, 0) is 16.9 Å². The number of tetrazole rings is 1. The minimum absolute atomic E-state index is 0.0128. The zero-order valence-electron chi connectivity index (χ0n) is 14.0. The first kappa shape index (κ1) is 16.8. The normalized spacial score (nSPS) is 13.4. The van der Waals surface area contributed by atoms with Crippen molar-refractivity contribution >= 4 is 5.91 Å². The molecule has 0 spiro atoms. The average Bonchev–Trinajstić information content (AvgIpc) is 3.26. The summed E-state index contributed by atoms with van der Waals surface area (Å²) in [4.78, 5) is 13.3. The van der Waals surface area contributed by atoms with E-state index < -0.39 is 5.60 Å². The topological polar surface area (TPSA) is 106 Å². The molecule has 0 saturated carbocycles. The van der Waals surface area contributed by atoms with Gasteiger partial charge in [0.05, 0.1) is 12.8 Å². The molecule has 1 atom stereocenters. The highest BCUT2D eigenvalue weighted by Crippen LogP contribution is 2.19. The summed E-state index contributed by atoms with van der Waals surface area (Å²) >= 11 is 0. The van der Waals surface area contributed by atoms with Crippen LogP contribution >= 0.6 is 0 Å². The summed E-state index contributed by atoms with van der Waals surface area (Å²) in [5.41, 5.74) is 0.680. The summed E-state index contributed by atoms with van der Waals surface area (Å²) in [6.45, 7) is 3.48. The number of aliphatic hydroxyl groups is 1. The number of nitrogens with one attached hydrogen (secondary N) is 1. The molecule has 8 nitrogen and oxygen atoms in total. The molecule has 0 unspecified atom stereocenters. The lowest BCUT2D eigenvalue weighted by atomic mass is 10.0. The van der Waals surface area contributed by atoms with E-state index in [1.807, 2.05) is 31.2 Å². The molecule has 3 rings (SSSR count). The number of hydrogen-bond donors (Lipinski definition) is 2. The van der Waals surface area contributed by atoms with Gasteiger partial charge in [-0.15, -0.1) is 10.2 Å². The van der Waals surface area contributed by atoms with Crippen molar-refractivity contribution in [1.82, 2.24) is 25.5 Å². The smallest absolute Gasteiger partial charge is 0.243 e. The van der Waals surface area contributed by atoms with Crippen molar-refractivity contribution < 1.29 is 14.3 Å². The van der Waals surface area contributed by atoms with E-state index in [4.69, 9.17) is 4.42 Å². The van der Waals surface area contributed by atoms with Crippen molar-refractivity contribution in [3.8, 4) is 11.4 Å². The van der Waals surface area contributed by atoms with E-state index in [0.29, 0.717) is 11.6 Å². The molecule has 0 bridgehead atoms. The third kappa shape index (κ3) is 4.10. The zero-order chi connectivity index (χ0) is 17.9. The van der Waals surface area contributed by atoms with Crippen LogP contribution in [0.5, 0.6) is 0 Å². The van der Waals surface area contributed by atoms with Gasteiger partial charge in [-0.25, -0.2) is 0 Å². The van der Waals surface area contributed by atoms with Crippen LogP contribution in [-0.4, -0.2) is 37.8 Å². The summed E-state index contributed by atoms with van der Waals surface area (Å²) in [6, 6.07) is 11.0. The number of amides is 1. The third-order valence-electron chi connectivity index (χ3n) is 3.73. The molecule has 1 amide bonds. The SMILES string of the molecule is Cc1ccc(-c2nnn(CC(=O)NC[C@@](C)(O)c3ccco3)n2)cc1. The number of furan rings is 1. The summed E-state index contributed by atoms with van der Waals surface area (Å²) < 4.78 is 5.17. The predicted octanol–water partition coefficient (Wildman–Crippen LogP) is 1.27. The standard InChI is InChI=1S/C17H19N5O3/c1-12-5-7-13(8-6-12)16-19-21-22(20-16)10-15(23)18-11-17(2,24)14-4-3-9-25-14/h3-9,24H,10-11H2,1-2H3,(H,18,23)/t17-/m1/s1. The predicted molar refractivity (Wildman–Crippen MR) is 89.3 cm³/mol. The molecule has 0 aliphatic heterocycles. The van der Waals surface area contributed by atoms with Crippen LogP contribution in [0.15, 0.2) is 47.1 Å². The number of hydrogen-bond acceptors (Lipinski definition) is 6. The number of aromatic nitrogens is 4. The molecule has 2 heterocycles. The number of rotatable bonds is 6. The highest BCUT2D eigenvalue weighted by atomic mass is 16.4. The van der Waals surface area contributed by atoms with E-state index in [-0.39, 0.29) is 19.0 Å². The average molecular weight is 341 g/mol. The molecule has 130 valence electrons. The molecular weight excluding hydrogens is 322 g/mol. The van der Waals surface area contributed by atoms with Crippen LogP contribution < -0.4 is 5.32 Å². The molecule has 3 aromatic rings. The van der Waals surface area contributed by atoms with Gasteiger partial charge in [-0.2, -0.15) is 4.80 Å². The van der Waals surface area contributed by atoms with Gasteiger partial charge in [0.1, 0.15) is 17.9 Å². The Labute approximate surface area is 144 Å². The molecule has 8 heteroatoms. The van der Waals surface area contributed by atoms with Crippen molar-refractivity contribution in [3.63, 3.8) is 0 Å². The van der Waals surface area contributed by atoms with E-state index in [2.05, 4.69) is 20.7 Å².